The zero-order valence-corrected chi connectivity index (χ0v) is 12.8. The van der Waals surface area contributed by atoms with Crippen molar-refractivity contribution in [2.45, 2.75) is 13.8 Å². The molecule has 122 valence electrons. The normalized spacial score (nSPS) is 10.6. The molecule has 2 heterocycles. The second kappa shape index (κ2) is 5.95. The highest BCUT2D eigenvalue weighted by Crippen LogP contribution is 2.23. The molecule has 9 nitrogen and oxygen atoms in total. The van der Waals surface area contributed by atoms with Crippen LogP contribution in [0.15, 0.2) is 39.2 Å². The molecule has 0 spiro atoms. The Morgan fingerprint density at radius 2 is 1.83 bits per heavy atom. The summed E-state index contributed by atoms with van der Waals surface area (Å²) >= 11 is 0. The van der Waals surface area contributed by atoms with Crippen LogP contribution in [0.2, 0.25) is 0 Å². The lowest BCUT2D eigenvalue weighted by atomic mass is 10.1. The first-order valence-electron chi connectivity index (χ1n) is 6.90. The largest absolute Gasteiger partial charge is 0.433 e. The molecular formula is C15H12N4O5. The van der Waals surface area contributed by atoms with Crippen molar-refractivity contribution >= 4 is 17.8 Å². The second-order valence-electron chi connectivity index (χ2n) is 5.14. The molecular weight excluding hydrogens is 316 g/mol. The summed E-state index contributed by atoms with van der Waals surface area (Å²) < 4.78 is 10.2. The zero-order valence-electron chi connectivity index (χ0n) is 12.8. The summed E-state index contributed by atoms with van der Waals surface area (Å²) in [4.78, 5) is 21.8. The molecule has 2 aromatic heterocycles. The molecule has 3 rings (SSSR count). The molecule has 1 aromatic carbocycles. The quantitative estimate of drug-likeness (QED) is 0.576. The Bertz CT molecular complexity index is 907. The zero-order chi connectivity index (χ0) is 17.3. The van der Waals surface area contributed by atoms with Crippen LogP contribution in [0.3, 0.4) is 0 Å². The van der Waals surface area contributed by atoms with Gasteiger partial charge in [-0.25, -0.2) is 0 Å². The van der Waals surface area contributed by atoms with E-state index in [1.807, 2.05) is 32.0 Å². The molecule has 0 aliphatic heterocycles. The number of carbonyl (C=O) groups excluding carboxylic acids is 1. The first-order chi connectivity index (χ1) is 11.4. The lowest BCUT2D eigenvalue weighted by Crippen LogP contribution is -2.11. The second-order valence-corrected chi connectivity index (χ2v) is 5.14. The summed E-state index contributed by atoms with van der Waals surface area (Å²) in [5.41, 5.74) is 2.81. The highest BCUT2D eigenvalue weighted by Gasteiger charge is 2.19. The molecule has 0 aliphatic rings. The van der Waals surface area contributed by atoms with E-state index in [9.17, 15) is 14.9 Å². The number of benzene rings is 1. The van der Waals surface area contributed by atoms with Gasteiger partial charge in [0, 0.05) is 5.56 Å². The smallest absolute Gasteiger partial charge is 0.403 e. The predicted molar refractivity (Wildman–Crippen MR) is 82.5 cm³/mol. The number of rotatable bonds is 4. The van der Waals surface area contributed by atoms with E-state index in [1.54, 1.807) is 0 Å². The number of amides is 1. The number of hydrogen-bond donors (Lipinski definition) is 1. The number of nitro groups is 1. The Morgan fingerprint density at radius 3 is 2.46 bits per heavy atom. The van der Waals surface area contributed by atoms with Gasteiger partial charge in [-0.05, 0) is 32.0 Å². The number of aryl methyl sites for hydroxylation is 2. The minimum absolute atomic E-state index is 0.131. The standard InChI is InChI=1S/C15H12N4O5/c1-8-5-9(2)7-10(6-8)14-17-18-15(24-14)16-13(20)11-3-4-12(23-11)19(21)22/h3-7H,1-2H3,(H,16,18,20). The highest BCUT2D eigenvalue weighted by atomic mass is 16.6. The summed E-state index contributed by atoms with van der Waals surface area (Å²) in [6, 6.07) is 7.91. The Hall–Kier alpha value is -3.49. The maximum atomic E-state index is 11.9. The number of nitrogens with one attached hydrogen (secondary N) is 1. The number of hydrogen-bond acceptors (Lipinski definition) is 7. The Labute approximate surface area is 135 Å². The molecule has 0 bridgehead atoms. The van der Waals surface area contributed by atoms with Gasteiger partial charge in [0.15, 0.2) is 5.76 Å². The van der Waals surface area contributed by atoms with Gasteiger partial charge in [-0.3, -0.25) is 20.2 Å². The number of carbonyl (C=O) groups is 1. The SMILES string of the molecule is Cc1cc(C)cc(-c2nnc(NC(=O)c3ccc([N+](=O)[O-])o3)o2)c1. The number of furan rings is 1. The average Bonchev–Trinajstić information content (AvgIpc) is 3.15. The van der Waals surface area contributed by atoms with Crippen LogP contribution in [0.25, 0.3) is 11.5 Å². The molecule has 0 saturated heterocycles. The van der Waals surface area contributed by atoms with Gasteiger partial charge < -0.3 is 8.83 Å². The van der Waals surface area contributed by atoms with E-state index in [0.29, 0.717) is 0 Å². The highest BCUT2D eigenvalue weighted by molar-refractivity contribution is 6.01. The molecule has 9 heteroatoms. The van der Waals surface area contributed by atoms with Gasteiger partial charge >= 0.3 is 11.9 Å². The fraction of sp³-hybridized carbons (Fsp3) is 0.133. The maximum Gasteiger partial charge on any atom is 0.433 e. The lowest BCUT2D eigenvalue weighted by Gasteiger charge is -2.00. The van der Waals surface area contributed by atoms with Crippen LogP contribution >= 0.6 is 0 Å². The molecule has 0 unspecified atom stereocenters. The van der Waals surface area contributed by atoms with Crippen molar-refractivity contribution in [3.05, 3.63) is 57.3 Å². The molecule has 24 heavy (non-hydrogen) atoms. The molecule has 0 radical (unpaired) electrons. The molecule has 1 amide bonds. The van der Waals surface area contributed by atoms with Crippen LogP contribution in [-0.4, -0.2) is 21.0 Å². The topological polar surface area (TPSA) is 124 Å². The van der Waals surface area contributed by atoms with Crippen LogP contribution in [0.4, 0.5) is 11.9 Å². The van der Waals surface area contributed by atoms with Gasteiger partial charge in [0.1, 0.15) is 4.92 Å². The van der Waals surface area contributed by atoms with E-state index in [0.717, 1.165) is 22.8 Å². The molecule has 0 saturated carbocycles. The van der Waals surface area contributed by atoms with Crippen LogP contribution in [0, 0.1) is 24.0 Å². The van der Waals surface area contributed by atoms with Gasteiger partial charge in [-0.2, -0.15) is 0 Å². The van der Waals surface area contributed by atoms with Crippen LogP contribution in [0.5, 0.6) is 0 Å². The maximum absolute atomic E-state index is 11.9. The minimum Gasteiger partial charge on any atom is -0.403 e. The van der Waals surface area contributed by atoms with Crippen molar-refractivity contribution in [2.24, 2.45) is 0 Å². The molecule has 0 aliphatic carbocycles. The van der Waals surface area contributed by atoms with Crippen molar-refractivity contribution in [3.8, 4) is 11.5 Å². The first kappa shape index (κ1) is 15.4. The van der Waals surface area contributed by atoms with Crippen LogP contribution < -0.4 is 5.32 Å². The predicted octanol–water partition coefficient (Wildman–Crippen LogP) is 3.11. The van der Waals surface area contributed by atoms with E-state index < -0.39 is 16.7 Å². The number of anilines is 1. The van der Waals surface area contributed by atoms with E-state index in [-0.39, 0.29) is 17.7 Å². The van der Waals surface area contributed by atoms with E-state index in [1.165, 1.54) is 6.07 Å². The van der Waals surface area contributed by atoms with Crippen molar-refractivity contribution in [3.63, 3.8) is 0 Å². The van der Waals surface area contributed by atoms with Crippen molar-refractivity contribution in [1.29, 1.82) is 0 Å². The summed E-state index contributed by atoms with van der Waals surface area (Å²) in [6.07, 6.45) is 0. The third-order valence-electron chi connectivity index (χ3n) is 3.11. The van der Waals surface area contributed by atoms with Crippen molar-refractivity contribution in [2.75, 3.05) is 5.32 Å². The lowest BCUT2D eigenvalue weighted by molar-refractivity contribution is -0.402. The Morgan fingerprint density at radius 1 is 1.12 bits per heavy atom. The van der Waals surface area contributed by atoms with E-state index >= 15 is 0 Å². The average molecular weight is 328 g/mol. The Balaban J connectivity index is 1.78. The van der Waals surface area contributed by atoms with Gasteiger partial charge in [0.25, 0.3) is 5.91 Å². The van der Waals surface area contributed by atoms with Gasteiger partial charge in [0.05, 0.1) is 6.07 Å². The monoisotopic (exact) mass is 328 g/mol. The third-order valence-corrected chi connectivity index (χ3v) is 3.11. The summed E-state index contributed by atoms with van der Waals surface area (Å²) in [6.45, 7) is 3.89. The van der Waals surface area contributed by atoms with Crippen molar-refractivity contribution in [1.82, 2.24) is 10.2 Å². The summed E-state index contributed by atoms with van der Waals surface area (Å²) in [5, 5.41) is 20.5. The number of nitrogens with zero attached hydrogens (tertiary/aromatic N) is 3. The molecule has 1 N–H and O–H groups in total. The summed E-state index contributed by atoms with van der Waals surface area (Å²) in [7, 11) is 0. The molecule has 0 fully saturated rings. The molecule has 0 atom stereocenters. The first-order valence-corrected chi connectivity index (χ1v) is 6.90. The van der Waals surface area contributed by atoms with Gasteiger partial charge in [-0.15, -0.1) is 5.10 Å². The number of aromatic nitrogens is 2. The van der Waals surface area contributed by atoms with Gasteiger partial charge in [0.2, 0.25) is 5.89 Å². The fourth-order valence-corrected chi connectivity index (χ4v) is 2.20. The Kier molecular flexibility index (Phi) is 3.82. The van der Waals surface area contributed by atoms with Crippen LogP contribution in [0.1, 0.15) is 21.7 Å². The van der Waals surface area contributed by atoms with Gasteiger partial charge in [-0.1, -0.05) is 22.3 Å². The summed E-state index contributed by atoms with van der Waals surface area (Å²) in [5.74, 6) is -1.23. The van der Waals surface area contributed by atoms with Crippen molar-refractivity contribution < 1.29 is 18.6 Å². The van der Waals surface area contributed by atoms with Crippen LogP contribution in [-0.2, 0) is 0 Å². The minimum atomic E-state index is -0.734. The fourth-order valence-electron chi connectivity index (χ4n) is 2.20. The third kappa shape index (κ3) is 3.14. The van der Waals surface area contributed by atoms with E-state index in [2.05, 4.69) is 15.5 Å². The van der Waals surface area contributed by atoms with E-state index in [4.69, 9.17) is 8.83 Å². The molecule has 3 aromatic rings.